The topological polar surface area (TPSA) is 70.1 Å². The first-order valence-electron chi connectivity index (χ1n) is 6.34. The predicted octanol–water partition coefficient (Wildman–Crippen LogP) is 1.44. The van der Waals surface area contributed by atoms with Gasteiger partial charge in [0, 0.05) is 18.1 Å². The van der Waals surface area contributed by atoms with Crippen LogP contribution in [-0.2, 0) is 4.79 Å². The van der Waals surface area contributed by atoms with Gasteiger partial charge in [-0.25, -0.2) is 0 Å². The number of methoxy groups -OCH3 is 1. The molecule has 21 heavy (non-hydrogen) atoms. The van der Waals surface area contributed by atoms with Crippen LogP contribution in [0.3, 0.4) is 0 Å². The largest absolute Gasteiger partial charge is 0.496 e. The molecule has 116 valence electrons. The van der Waals surface area contributed by atoms with Crippen LogP contribution in [0.25, 0.3) is 0 Å². The molecule has 7 heteroatoms. The van der Waals surface area contributed by atoms with E-state index in [0.29, 0.717) is 23.9 Å². The van der Waals surface area contributed by atoms with Crippen LogP contribution in [0.2, 0.25) is 5.02 Å². The van der Waals surface area contributed by atoms with E-state index in [1.165, 1.54) is 18.1 Å². The Bertz CT molecular complexity index is 520. The molecule has 1 N–H and O–H groups in total. The van der Waals surface area contributed by atoms with Crippen molar-refractivity contribution in [3.8, 4) is 5.75 Å². The first kappa shape index (κ1) is 17.3. The van der Waals surface area contributed by atoms with Gasteiger partial charge in [-0.15, -0.1) is 0 Å². The van der Waals surface area contributed by atoms with Crippen LogP contribution in [0.1, 0.15) is 10.4 Å². The van der Waals surface area contributed by atoms with Crippen molar-refractivity contribution in [3.05, 3.63) is 28.8 Å². The second kappa shape index (κ2) is 7.85. The highest BCUT2D eigenvalue weighted by Gasteiger charge is 2.22. The van der Waals surface area contributed by atoms with E-state index < -0.39 is 11.9 Å². The summed E-state index contributed by atoms with van der Waals surface area (Å²) in [5.41, 5.74) is 0.255. The fourth-order valence-electron chi connectivity index (χ4n) is 1.75. The van der Waals surface area contributed by atoms with Crippen LogP contribution < -0.4 is 4.74 Å². The van der Waals surface area contributed by atoms with Gasteiger partial charge in [-0.1, -0.05) is 11.6 Å². The number of carboxylic acids is 1. The van der Waals surface area contributed by atoms with E-state index in [9.17, 15) is 9.59 Å². The molecule has 0 aliphatic rings. The maximum Gasteiger partial charge on any atom is 0.323 e. The van der Waals surface area contributed by atoms with Gasteiger partial charge in [0.25, 0.3) is 5.91 Å². The summed E-state index contributed by atoms with van der Waals surface area (Å²) in [6.45, 7) is 0.484. The van der Waals surface area contributed by atoms with Crippen LogP contribution in [0.15, 0.2) is 18.2 Å². The van der Waals surface area contributed by atoms with Gasteiger partial charge in [0.05, 0.1) is 12.7 Å². The van der Waals surface area contributed by atoms with Crippen LogP contribution in [0.5, 0.6) is 5.75 Å². The average Bonchev–Trinajstić information content (AvgIpc) is 2.42. The molecule has 0 heterocycles. The fraction of sp³-hybridized carbons (Fsp3) is 0.429. The first-order chi connectivity index (χ1) is 9.85. The quantitative estimate of drug-likeness (QED) is 0.824. The van der Waals surface area contributed by atoms with Gasteiger partial charge in [-0.2, -0.15) is 0 Å². The second-order valence-corrected chi connectivity index (χ2v) is 5.20. The zero-order valence-electron chi connectivity index (χ0n) is 12.3. The number of carbonyl (C=O) groups is 2. The Balaban J connectivity index is 3.03. The molecular formula is C14H19ClN2O4. The molecule has 0 aromatic heterocycles. The highest BCUT2D eigenvalue weighted by molar-refractivity contribution is 6.31. The zero-order chi connectivity index (χ0) is 16.0. The number of ether oxygens (including phenoxy) is 1. The van der Waals surface area contributed by atoms with Gasteiger partial charge in [-0.3, -0.25) is 9.59 Å². The molecule has 0 saturated carbocycles. The Hall–Kier alpha value is -1.79. The maximum atomic E-state index is 12.5. The molecule has 0 fully saturated rings. The number of hydrogen-bond acceptors (Lipinski definition) is 4. The molecular weight excluding hydrogens is 296 g/mol. The van der Waals surface area contributed by atoms with Crippen molar-refractivity contribution in [1.29, 1.82) is 0 Å². The standard InChI is InChI=1S/C14H19ClN2O4/c1-16(2)6-7-17(9-13(18)19)14(20)11-8-10(15)4-5-12(11)21-3/h4-5,8H,6-7,9H2,1-3H3,(H,18,19). The lowest BCUT2D eigenvalue weighted by Crippen LogP contribution is -2.40. The summed E-state index contributed by atoms with van der Waals surface area (Å²) in [6.07, 6.45) is 0. The third-order valence-corrected chi connectivity index (χ3v) is 3.06. The van der Waals surface area contributed by atoms with E-state index in [1.54, 1.807) is 12.1 Å². The Kier molecular flexibility index (Phi) is 6.45. The lowest BCUT2D eigenvalue weighted by molar-refractivity contribution is -0.137. The van der Waals surface area contributed by atoms with Gasteiger partial charge in [0.1, 0.15) is 12.3 Å². The normalized spacial score (nSPS) is 10.5. The molecule has 1 aromatic rings. The number of amides is 1. The van der Waals surface area contributed by atoms with Crippen molar-refractivity contribution in [1.82, 2.24) is 9.80 Å². The summed E-state index contributed by atoms with van der Waals surface area (Å²) in [5, 5.41) is 9.35. The predicted molar refractivity (Wildman–Crippen MR) is 80.1 cm³/mol. The van der Waals surface area contributed by atoms with Crippen molar-refractivity contribution in [2.75, 3.05) is 40.8 Å². The SMILES string of the molecule is COc1ccc(Cl)cc1C(=O)N(CCN(C)C)CC(=O)O. The number of likely N-dealkylation sites (N-methyl/N-ethyl adjacent to an activating group) is 1. The Morgan fingerprint density at radius 3 is 2.48 bits per heavy atom. The van der Waals surface area contributed by atoms with E-state index in [0.717, 1.165) is 0 Å². The van der Waals surface area contributed by atoms with Crippen LogP contribution in [0, 0.1) is 0 Å². The maximum absolute atomic E-state index is 12.5. The average molecular weight is 315 g/mol. The molecule has 0 saturated heterocycles. The Morgan fingerprint density at radius 1 is 1.29 bits per heavy atom. The highest BCUT2D eigenvalue weighted by Crippen LogP contribution is 2.24. The van der Waals surface area contributed by atoms with E-state index >= 15 is 0 Å². The van der Waals surface area contributed by atoms with Crippen molar-refractivity contribution in [2.24, 2.45) is 0 Å². The number of benzene rings is 1. The minimum Gasteiger partial charge on any atom is -0.496 e. The Labute approximate surface area is 128 Å². The fourth-order valence-corrected chi connectivity index (χ4v) is 1.93. The summed E-state index contributed by atoms with van der Waals surface area (Å²) in [7, 11) is 5.15. The number of nitrogens with zero attached hydrogens (tertiary/aromatic N) is 2. The number of hydrogen-bond donors (Lipinski definition) is 1. The van der Waals surface area contributed by atoms with E-state index in [-0.39, 0.29) is 12.1 Å². The number of halogens is 1. The molecule has 0 unspecified atom stereocenters. The van der Waals surface area contributed by atoms with Crippen LogP contribution >= 0.6 is 11.6 Å². The first-order valence-corrected chi connectivity index (χ1v) is 6.72. The van der Waals surface area contributed by atoms with E-state index in [1.807, 2.05) is 19.0 Å². The van der Waals surface area contributed by atoms with Crippen LogP contribution in [-0.4, -0.2) is 67.6 Å². The lowest BCUT2D eigenvalue weighted by atomic mass is 10.1. The molecule has 0 atom stereocenters. The number of carboxylic acid groups (broad SMARTS) is 1. The molecule has 0 bridgehead atoms. The van der Waals surface area contributed by atoms with Gasteiger partial charge in [-0.05, 0) is 32.3 Å². The monoisotopic (exact) mass is 314 g/mol. The van der Waals surface area contributed by atoms with Crippen molar-refractivity contribution in [2.45, 2.75) is 0 Å². The van der Waals surface area contributed by atoms with Crippen molar-refractivity contribution < 1.29 is 19.4 Å². The lowest BCUT2D eigenvalue weighted by Gasteiger charge is -2.23. The summed E-state index contributed by atoms with van der Waals surface area (Å²) >= 11 is 5.90. The third-order valence-electron chi connectivity index (χ3n) is 2.82. The highest BCUT2D eigenvalue weighted by atomic mass is 35.5. The minimum atomic E-state index is -1.07. The van der Waals surface area contributed by atoms with Crippen molar-refractivity contribution in [3.63, 3.8) is 0 Å². The molecule has 1 aromatic carbocycles. The molecule has 0 aliphatic heterocycles. The molecule has 6 nitrogen and oxygen atoms in total. The number of carbonyl (C=O) groups excluding carboxylic acids is 1. The summed E-state index contributed by atoms with van der Waals surface area (Å²) in [5.74, 6) is -1.12. The summed E-state index contributed by atoms with van der Waals surface area (Å²) in [4.78, 5) is 26.6. The molecule has 0 radical (unpaired) electrons. The summed E-state index contributed by atoms with van der Waals surface area (Å²) in [6, 6.07) is 4.67. The van der Waals surface area contributed by atoms with Crippen LogP contribution in [0.4, 0.5) is 0 Å². The van der Waals surface area contributed by atoms with E-state index in [2.05, 4.69) is 0 Å². The number of aliphatic carboxylic acids is 1. The zero-order valence-corrected chi connectivity index (χ0v) is 13.1. The van der Waals surface area contributed by atoms with Gasteiger partial charge in [0.15, 0.2) is 0 Å². The van der Waals surface area contributed by atoms with E-state index in [4.69, 9.17) is 21.4 Å². The third kappa shape index (κ3) is 5.24. The van der Waals surface area contributed by atoms with Gasteiger partial charge >= 0.3 is 5.97 Å². The molecule has 1 amide bonds. The van der Waals surface area contributed by atoms with Crippen molar-refractivity contribution >= 4 is 23.5 Å². The molecule has 0 aliphatic carbocycles. The van der Waals surface area contributed by atoms with Gasteiger partial charge < -0.3 is 19.6 Å². The van der Waals surface area contributed by atoms with Gasteiger partial charge in [0.2, 0.25) is 0 Å². The Morgan fingerprint density at radius 2 is 1.95 bits per heavy atom. The molecule has 0 spiro atoms. The second-order valence-electron chi connectivity index (χ2n) is 4.77. The minimum absolute atomic E-state index is 0.255. The summed E-state index contributed by atoms with van der Waals surface area (Å²) < 4.78 is 5.14. The smallest absolute Gasteiger partial charge is 0.323 e. The number of rotatable bonds is 7. The molecule has 1 rings (SSSR count).